The molecule has 7 heteroatoms. The van der Waals surface area contributed by atoms with Crippen LogP contribution >= 0.6 is 11.3 Å². The van der Waals surface area contributed by atoms with E-state index in [1.165, 1.54) is 0 Å². The van der Waals surface area contributed by atoms with Crippen molar-refractivity contribution in [2.45, 2.75) is 39.2 Å². The molecule has 0 fully saturated rings. The summed E-state index contributed by atoms with van der Waals surface area (Å²) in [5, 5.41) is 4.09. The average Bonchev–Trinajstić information content (AvgIpc) is 3.38. The largest absolute Gasteiger partial charge is 0.493 e. The van der Waals surface area contributed by atoms with E-state index in [-0.39, 0.29) is 11.4 Å². The van der Waals surface area contributed by atoms with E-state index in [0.717, 1.165) is 41.2 Å². The molecule has 4 rings (SSSR count). The number of aromatic nitrogens is 2. The molecule has 30 heavy (non-hydrogen) atoms. The second kappa shape index (κ2) is 7.47. The van der Waals surface area contributed by atoms with Crippen molar-refractivity contribution in [2.24, 2.45) is 0 Å². The fourth-order valence-electron chi connectivity index (χ4n) is 3.74. The minimum Gasteiger partial charge on any atom is -0.493 e. The lowest BCUT2D eigenvalue weighted by Gasteiger charge is -2.32. The normalized spacial score (nSPS) is 12.9. The number of benzene rings is 1. The van der Waals surface area contributed by atoms with E-state index in [4.69, 9.17) is 14.5 Å². The highest BCUT2D eigenvalue weighted by molar-refractivity contribution is 7.08. The zero-order chi connectivity index (χ0) is 21.6. The van der Waals surface area contributed by atoms with Crippen LogP contribution in [0.4, 0.5) is 0 Å². The predicted molar refractivity (Wildman–Crippen MR) is 119 cm³/mol. The SMILES string of the molecule is COc1cc2c(cc1OC)-n1c(-c3ccsc3)nc(C(=O)N(C)C(C)(C)C)c1CC2. The number of amides is 1. The van der Waals surface area contributed by atoms with Crippen molar-refractivity contribution in [3.8, 4) is 28.6 Å². The Labute approximate surface area is 181 Å². The zero-order valence-electron chi connectivity index (χ0n) is 18.3. The van der Waals surface area contributed by atoms with Crippen LogP contribution < -0.4 is 9.47 Å². The number of hydrogen-bond donors (Lipinski definition) is 0. The van der Waals surface area contributed by atoms with E-state index in [1.807, 2.05) is 51.4 Å². The summed E-state index contributed by atoms with van der Waals surface area (Å²) in [4.78, 5) is 20.0. The van der Waals surface area contributed by atoms with Crippen LogP contribution in [0.1, 0.15) is 42.5 Å². The van der Waals surface area contributed by atoms with Crippen LogP contribution in [0, 0.1) is 0 Å². The van der Waals surface area contributed by atoms with Crippen molar-refractivity contribution in [3.05, 3.63) is 45.9 Å². The lowest BCUT2D eigenvalue weighted by Crippen LogP contribution is -2.43. The lowest BCUT2D eigenvalue weighted by molar-refractivity contribution is 0.0649. The Hall–Kier alpha value is -2.80. The number of carbonyl (C=O) groups is 1. The molecule has 0 atom stereocenters. The van der Waals surface area contributed by atoms with E-state index in [1.54, 1.807) is 30.5 Å². The molecule has 0 saturated carbocycles. The Balaban J connectivity index is 1.95. The van der Waals surface area contributed by atoms with Gasteiger partial charge in [-0.3, -0.25) is 9.36 Å². The van der Waals surface area contributed by atoms with Crippen LogP contribution in [0.15, 0.2) is 29.0 Å². The first-order valence-electron chi connectivity index (χ1n) is 9.94. The van der Waals surface area contributed by atoms with Crippen molar-refractivity contribution >= 4 is 17.2 Å². The van der Waals surface area contributed by atoms with E-state index in [0.29, 0.717) is 17.2 Å². The Bertz CT molecular complexity index is 1090. The molecular formula is C23H27N3O3S. The standard InChI is InChI=1S/C23H27N3O3S/c1-23(2,3)25(4)22(27)20-16-8-7-14-11-18(28-5)19(29-6)12-17(14)26(16)21(24-20)15-9-10-30-13-15/h9-13H,7-8H2,1-6H3. The number of methoxy groups -OCH3 is 2. The summed E-state index contributed by atoms with van der Waals surface area (Å²) in [6.45, 7) is 6.08. The molecular weight excluding hydrogens is 398 g/mol. The third-order valence-electron chi connectivity index (χ3n) is 5.72. The van der Waals surface area contributed by atoms with Crippen molar-refractivity contribution in [1.82, 2.24) is 14.5 Å². The minimum absolute atomic E-state index is 0.0587. The maximum absolute atomic E-state index is 13.4. The van der Waals surface area contributed by atoms with Crippen molar-refractivity contribution in [3.63, 3.8) is 0 Å². The molecule has 1 aromatic carbocycles. The summed E-state index contributed by atoms with van der Waals surface area (Å²) in [6, 6.07) is 6.05. The van der Waals surface area contributed by atoms with Crippen molar-refractivity contribution < 1.29 is 14.3 Å². The summed E-state index contributed by atoms with van der Waals surface area (Å²) < 4.78 is 13.2. The summed E-state index contributed by atoms with van der Waals surface area (Å²) in [5.41, 5.74) is 4.31. The highest BCUT2D eigenvalue weighted by Crippen LogP contribution is 2.39. The fraction of sp³-hybridized carbons (Fsp3) is 0.391. The molecule has 158 valence electrons. The monoisotopic (exact) mass is 425 g/mol. The van der Waals surface area contributed by atoms with E-state index >= 15 is 0 Å². The van der Waals surface area contributed by atoms with Crippen LogP contribution in [-0.2, 0) is 12.8 Å². The summed E-state index contributed by atoms with van der Waals surface area (Å²) >= 11 is 1.61. The average molecular weight is 426 g/mol. The first-order valence-corrected chi connectivity index (χ1v) is 10.9. The quantitative estimate of drug-likeness (QED) is 0.614. The second-order valence-corrected chi connectivity index (χ2v) is 9.23. The zero-order valence-corrected chi connectivity index (χ0v) is 19.1. The van der Waals surface area contributed by atoms with Crippen LogP contribution in [0.25, 0.3) is 17.1 Å². The van der Waals surface area contributed by atoms with Gasteiger partial charge in [0.2, 0.25) is 0 Å². The van der Waals surface area contributed by atoms with E-state index in [9.17, 15) is 4.79 Å². The number of fused-ring (bicyclic) bond motifs is 3. The predicted octanol–water partition coefficient (Wildman–Crippen LogP) is 4.59. The van der Waals surface area contributed by atoms with Crippen molar-refractivity contribution in [2.75, 3.05) is 21.3 Å². The van der Waals surface area contributed by atoms with Gasteiger partial charge in [-0.15, -0.1) is 0 Å². The number of hydrogen-bond acceptors (Lipinski definition) is 5. The summed E-state index contributed by atoms with van der Waals surface area (Å²) in [5.74, 6) is 2.09. The lowest BCUT2D eigenvalue weighted by atomic mass is 9.98. The third-order valence-corrected chi connectivity index (χ3v) is 6.41. The van der Waals surface area contributed by atoms with Gasteiger partial charge >= 0.3 is 0 Å². The highest BCUT2D eigenvalue weighted by atomic mass is 32.1. The molecule has 0 aliphatic carbocycles. The van der Waals surface area contributed by atoms with Gasteiger partial charge in [0.15, 0.2) is 17.2 Å². The Morgan fingerprint density at radius 3 is 2.47 bits per heavy atom. The minimum atomic E-state index is -0.292. The molecule has 0 saturated heterocycles. The summed E-state index contributed by atoms with van der Waals surface area (Å²) in [7, 11) is 5.11. The Morgan fingerprint density at radius 2 is 1.87 bits per heavy atom. The molecule has 3 heterocycles. The Morgan fingerprint density at radius 1 is 1.17 bits per heavy atom. The fourth-order valence-corrected chi connectivity index (χ4v) is 4.37. The van der Waals surface area contributed by atoms with Crippen LogP contribution in [0.3, 0.4) is 0 Å². The van der Waals surface area contributed by atoms with Gasteiger partial charge in [0, 0.05) is 29.6 Å². The van der Waals surface area contributed by atoms with Crippen LogP contribution in [0.5, 0.6) is 11.5 Å². The van der Waals surface area contributed by atoms with Gasteiger partial charge in [-0.2, -0.15) is 11.3 Å². The molecule has 0 bridgehead atoms. The molecule has 0 N–H and O–H groups in total. The van der Waals surface area contributed by atoms with Gasteiger partial charge in [0.1, 0.15) is 5.82 Å². The van der Waals surface area contributed by atoms with Crippen LogP contribution in [0.2, 0.25) is 0 Å². The number of imidazole rings is 1. The van der Waals surface area contributed by atoms with Gasteiger partial charge in [-0.1, -0.05) is 0 Å². The number of carbonyl (C=O) groups excluding carboxylic acids is 1. The second-order valence-electron chi connectivity index (χ2n) is 8.45. The van der Waals surface area contributed by atoms with E-state index < -0.39 is 0 Å². The molecule has 3 aromatic rings. The first kappa shape index (κ1) is 20.5. The van der Waals surface area contributed by atoms with Gasteiger partial charge in [-0.05, 0) is 56.7 Å². The van der Waals surface area contributed by atoms with Gasteiger partial charge in [0.25, 0.3) is 5.91 Å². The van der Waals surface area contributed by atoms with Gasteiger partial charge in [0.05, 0.1) is 25.6 Å². The number of aryl methyl sites for hydroxylation is 1. The molecule has 2 aromatic heterocycles. The van der Waals surface area contributed by atoms with E-state index in [2.05, 4.69) is 9.95 Å². The smallest absolute Gasteiger partial charge is 0.274 e. The van der Waals surface area contributed by atoms with Gasteiger partial charge in [-0.25, -0.2) is 4.98 Å². The maximum Gasteiger partial charge on any atom is 0.274 e. The molecule has 0 radical (unpaired) electrons. The van der Waals surface area contributed by atoms with Crippen molar-refractivity contribution in [1.29, 1.82) is 0 Å². The van der Waals surface area contributed by atoms with Gasteiger partial charge < -0.3 is 14.4 Å². The Kier molecular flexibility index (Phi) is 5.10. The molecule has 0 spiro atoms. The number of rotatable bonds is 4. The molecule has 1 aliphatic rings. The summed E-state index contributed by atoms with van der Waals surface area (Å²) in [6.07, 6.45) is 1.54. The third kappa shape index (κ3) is 3.27. The molecule has 0 unspecified atom stereocenters. The molecule has 6 nitrogen and oxygen atoms in total. The van der Waals surface area contributed by atoms with Crippen LogP contribution in [-0.4, -0.2) is 47.2 Å². The first-order chi connectivity index (χ1) is 14.3. The topological polar surface area (TPSA) is 56.6 Å². The molecule has 1 aliphatic heterocycles. The highest BCUT2D eigenvalue weighted by Gasteiger charge is 2.33. The molecule has 1 amide bonds. The maximum atomic E-state index is 13.4. The number of thiophene rings is 1. The number of ether oxygens (including phenoxy) is 2. The number of nitrogens with zero attached hydrogens (tertiary/aromatic N) is 3.